The molecule has 0 aliphatic carbocycles. The van der Waals surface area contributed by atoms with Gasteiger partial charge in [0.2, 0.25) is 0 Å². The van der Waals surface area contributed by atoms with E-state index >= 15 is 0 Å². The number of rotatable bonds is 0. The predicted molar refractivity (Wildman–Crippen MR) is 39.7 cm³/mol. The average molecular weight is 213 g/mol. The highest BCUT2D eigenvalue weighted by Gasteiger charge is 1.94. The van der Waals surface area contributed by atoms with Crippen LogP contribution in [0.25, 0.3) is 0 Å². The van der Waals surface area contributed by atoms with Crippen molar-refractivity contribution in [2.24, 2.45) is 10.8 Å². The summed E-state index contributed by atoms with van der Waals surface area (Å²) in [5, 5.41) is 1.57. The average Bonchev–Trinajstić information content (AvgIpc) is 1.86. The van der Waals surface area contributed by atoms with Crippen LogP contribution in [-0.2, 0) is 0 Å². The van der Waals surface area contributed by atoms with Gasteiger partial charge in [-0.15, -0.1) is 24.0 Å². The Morgan fingerprint density at radius 2 is 2.43 bits per heavy atom. The molecule has 42 valence electrons. The molecule has 0 amide bonds. The third-order valence-corrected chi connectivity index (χ3v) is 0.717. The molecule has 0 fully saturated rings. The third-order valence-electron chi connectivity index (χ3n) is 0.717. The van der Waals surface area contributed by atoms with Gasteiger partial charge in [-0.25, -0.2) is 5.84 Å². The standard InChI is InChI=1S/C3H7N3.HI/c4-6-2-1-5-3-6;/h3H,1-2,4H2;1H. The molecule has 2 N–H and O–H groups in total. The van der Waals surface area contributed by atoms with Crippen molar-refractivity contribution in [1.29, 1.82) is 0 Å². The molecule has 0 bridgehead atoms. The second-order valence-electron chi connectivity index (χ2n) is 1.26. The van der Waals surface area contributed by atoms with Crippen molar-refractivity contribution in [3.05, 3.63) is 0 Å². The Kier molecular flexibility index (Phi) is 3.27. The summed E-state index contributed by atoms with van der Waals surface area (Å²) in [5.41, 5.74) is 0. The third kappa shape index (κ3) is 2.08. The zero-order valence-corrected chi connectivity index (χ0v) is 6.20. The number of nitrogens with two attached hydrogens (primary N) is 1. The van der Waals surface area contributed by atoms with E-state index in [0.29, 0.717) is 0 Å². The van der Waals surface area contributed by atoms with Crippen LogP contribution < -0.4 is 5.84 Å². The van der Waals surface area contributed by atoms with E-state index in [1.165, 1.54) is 0 Å². The smallest absolute Gasteiger partial charge is 0.0991 e. The van der Waals surface area contributed by atoms with E-state index in [-0.39, 0.29) is 24.0 Å². The molecule has 0 aromatic heterocycles. The Morgan fingerprint density at radius 3 is 2.57 bits per heavy atom. The maximum atomic E-state index is 5.22. The Hall–Kier alpha value is 0.160. The van der Waals surface area contributed by atoms with E-state index in [0.717, 1.165) is 13.1 Å². The Balaban J connectivity index is 0.000000360. The molecule has 0 aromatic rings. The minimum Gasteiger partial charge on any atom is -0.299 e. The molecule has 1 aliphatic rings. The van der Waals surface area contributed by atoms with Crippen LogP contribution in [0.2, 0.25) is 0 Å². The van der Waals surface area contributed by atoms with Gasteiger partial charge in [0, 0.05) is 0 Å². The summed E-state index contributed by atoms with van der Waals surface area (Å²) >= 11 is 0. The summed E-state index contributed by atoms with van der Waals surface area (Å²) in [6.45, 7) is 1.73. The fraction of sp³-hybridized carbons (Fsp3) is 0.667. The number of hydrogen-bond acceptors (Lipinski definition) is 3. The zero-order chi connectivity index (χ0) is 4.41. The quantitative estimate of drug-likeness (QED) is 0.448. The second kappa shape index (κ2) is 3.20. The number of nitrogens with zero attached hydrogens (tertiary/aromatic N) is 2. The molecule has 1 aliphatic heterocycles. The van der Waals surface area contributed by atoms with Gasteiger partial charge in [-0.05, 0) is 0 Å². The van der Waals surface area contributed by atoms with Crippen LogP contribution in [0, 0.1) is 0 Å². The fourth-order valence-electron chi connectivity index (χ4n) is 0.394. The van der Waals surface area contributed by atoms with Crippen molar-refractivity contribution in [2.45, 2.75) is 0 Å². The van der Waals surface area contributed by atoms with Crippen LogP contribution in [0.3, 0.4) is 0 Å². The minimum atomic E-state index is 0. The van der Waals surface area contributed by atoms with Crippen molar-refractivity contribution >= 4 is 30.3 Å². The molecule has 0 saturated carbocycles. The number of hydrazine groups is 1. The lowest BCUT2D eigenvalue weighted by molar-refractivity contribution is 0.495. The van der Waals surface area contributed by atoms with Gasteiger partial charge < -0.3 is 0 Å². The van der Waals surface area contributed by atoms with Gasteiger partial charge in [0.15, 0.2) is 0 Å². The Bertz CT molecular complexity index is 72.6. The highest BCUT2D eigenvalue weighted by molar-refractivity contribution is 14.0. The first-order chi connectivity index (χ1) is 2.89. The SMILES string of the molecule is I.NN1C=NCC1. The Morgan fingerprint density at radius 1 is 1.71 bits per heavy atom. The van der Waals surface area contributed by atoms with Crippen molar-refractivity contribution in [2.75, 3.05) is 13.1 Å². The molecule has 0 unspecified atom stereocenters. The monoisotopic (exact) mass is 213 g/mol. The van der Waals surface area contributed by atoms with Gasteiger partial charge in [0.1, 0.15) is 0 Å². The van der Waals surface area contributed by atoms with E-state index in [1.54, 1.807) is 11.3 Å². The molecule has 0 aromatic carbocycles. The molecule has 0 spiro atoms. The summed E-state index contributed by atoms with van der Waals surface area (Å²) in [4.78, 5) is 3.84. The largest absolute Gasteiger partial charge is 0.299 e. The summed E-state index contributed by atoms with van der Waals surface area (Å²) in [7, 11) is 0. The highest BCUT2D eigenvalue weighted by atomic mass is 127. The van der Waals surface area contributed by atoms with Gasteiger partial charge in [-0.3, -0.25) is 10.0 Å². The lowest BCUT2D eigenvalue weighted by Gasteiger charge is -1.99. The molecular formula is C3H8IN3. The first kappa shape index (κ1) is 7.16. The first-order valence-corrected chi connectivity index (χ1v) is 1.91. The van der Waals surface area contributed by atoms with E-state index in [1.807, 2.05) is 0 Å². The number of aliphatic imine (C=N–C) groups is 1. The normalized spacial score (nSPS) is 17.0. The topological polar surface area (TPSA) is 41.6 Å². The fourth-order valence-corrected chi connectivity index (χ4v) is 0.394. The molecule has 7 heavy (non-hydrogen) atoms. The van der Waals surface area contributed by atoms with Crippen LogP contribution in [0.4, 0.5) is 0 Å². The van der Waals surface area contributed by atoms with E-state index < -0.39 is 0 Å². The van der Waals surface area contributed by atoms with Crippen LogP contribution in [-0.4, -0.2) is 24.4 Å². The van der Waals surface area contributed by atoms with Crippen molar-refractivity contribution in [3.63, 3.8) is 0 Å². The van der Waals surface area contributed by atoms with Gasteiger partial charge in [-0.2, -0.15) is 0 Å². The maximum Gasteiger partial charge on any atom is 0.0991 e. The molecular weight excluding hydrogens is 205 g/mol. The van der Waals surface area contributed by atoms with Gasteiger partial charge in [0.05, 0.1) is 19.4 Å². The first-order valence-electron chi connectivity index (χ1n) is 1.91. The summed E-state index contributed by atoms with van der Waals surface area (Å²) in [5.74, 6) is 5.22. The summed E-state index contributed by atoms with van der Waals surface area (Å²) in [6.07, 6.45) is 1.64. The van der Waals surface area contributed by atoms with Crippen LogP contribution in [0.1, 0.15) is 0 Å². The van der Waals surface area contributed by atoms with Gasteiger partial charge >= 0.3 is 0 Å². The minimum absolute atomic E-state index is 0. The van der Waals surface area contributed by atoms with Crippen LogP contribution in [0.5, 0.6) is 0 Å². The van der Waals surface area contributed by atoms with Crippen molar-refractivity contribution in [3.8, 4) is 0 Å². The van der Waals surface area contributed by atoms with E-state index in [4.69, 9.17) is 5.84 Å². The molecule has 0 saturated heterocycles. The highest BCUT2D eigenvalue weighted by Crippen LogP contribution is 1.81. The summed E-state index contributed by atoms with van der Waals surface area (Å²) in [6, 6.07) is 0. The van der Waals surface area contributed by atoms with Crippen LogP contribution >= 0.6 is 24.0 Å². The maximum absolute atomic E-state index is 5.22. The predicted octanol–water partition coefficient (Wildman–Crippen LogP) is -0.178. The molecule has 0 radical (unpaired) electrons. The molecule has 3 nitrogen and oxygen atoms in total. The number of hydrogen-bond donors (Lipinski definition) is 1. The Labute approximate surface area is 59.6 Å². The molecule has 0 atom stereocenters. The number of halogens is 1. The lowest BCUT2D eigenvalue weighted by atomic mass is 10.7. The second-order valence-corrected chi connectivity index (χ2v) is 1.26. The zero-order valence-electron chi connectivity index (χ0n) is 3.87. The van der Waals surface area contributed by atoms with E-state index in [9.17, 15) is 0 Å². The molecule has 4 heteroatoms. The summed E-state index contributed by atoms with van der Waals surface area (Å²) < 4.78 is 0. The molecule has 1 heterocycles. The van der Waals surface area contributed by atoms with E-state index in [2.05, 4.69) is 4.99 Å². The van der Waals surface area contributed by atoms with Crippen molar-refractivity contribution < 1.29 is 0 Å². The van der Waals surface area contributed by atoms with Crippen LogP contribution in [0.15, 0.2) is 4.99 Å². The van der Waals surface area contributed by atoms with Gasteiger partial charge in [-0.1, -0.05) is 0 Å². The van der Waals surface area contributed by atoms with Crippen molar-refractivity contribution in [1.82, 2.24) is 5.01 Å². The molecule has 1 rings (SSSR count). The van der Waals surface area contributed by atoms with Gasteiger partial charge in [0.25, 0.3) is 0 Å². The lowest BCUT2D eigenvalue weighted by Crippen LogP contribution is -2.26.